The molecule has 19 heavy (non-hydrogen) atoms. The van der Waals surface area contributed by atoms with Gasteiger partial charge in [-0.2, -0.15) is 13.2 Å². The topological polar surface area (TPSA) is 30.5 Å². The summed E-state index contributed by atoms with van der Waals surface area (Å²) in [6.45, 7) is 1.06. The van der Waals surface area contributed by atoms with Crippen molar-refractivity contribution in [2.45, 2.75) is 19.1 Å². The fraction of sp³-hybridized carbons (Fsp3) is 0.538. The van der Waals surface area contributed by atoms with Gasteiger partial charge in [-0.25, -0.2) is 0 Å². The molecule has 6 heteroatoms. The number of alkyl halides is 3. The predicted molar refractivity (Wildman–Crippen MR) is 66.3 cm³/mol. The molecule has 1 unspecified atom stereocenters. The van der Waals surface area contributed by atoms with Crippen LogP contribution < -0.4 is 10.1 Å². The van der Waals surface area contributed by atoms with Crippen LogP contribution in [0, 0.1) is 0 Å². The minimum Gasteiger partial charge on any atom is -0.496 e. The summed E-state index contributed by atoms with van der Waals surface area (Å²) in [5.74, 6) is 0.749. The van der Waals surface area contributed by atoms with Crippen LogP contribution in [0.3, 0.4) is 0 Å². The summed E-state index contributed by atoms with van der Waals surface area (Å²) in [6, 6.07) is 7.48. The lowest BCUT2D eigenvalue weighted by Gasteiger charge is -2.17. The van der Waals surface area contributed by atoms with Crippen molar-refractivity contribution < 1.29 is 22.6 Å². The first kappa shape index (κ1) is 15.8. The van der Waals surface area contributed by atoms with Gasteiger partial charge in [0.15, 0.2) is 0 Å². The fourth-order valence-electron chi connectivity index (χ4n) is 1.67. The molecule has 0 aliphatic heterocycles. The summed E-state index contributed by atoms with van der Waals surface area (Å²) in [5.41, 5.74) is 0.959. The molecule has 1 rings (SSSR count). The molecule has 0 saturated heterocycles. The van der Waals surface area contributed by atoms with E-state index in [9.17, 15) is 13.2 Å². The quantitative estimate of drug-likeness (QED) is 0.777. The largest absolute Gasteiger partial charge is 0.496 e. The molecule has 1 aromatic rings. The molecule has 1 atom stereocenters. The third-order valence-corrected chi connectivity index (χ3v) is 2.57. The standard InChI is InChI=1S/C13H18F3NO2/c1-10(11-5-3-4-6-12(11)18-2)17-7-8-19-9-13(14,15)16/h3-6,10,17H,7-9H2,1-2H3. The van der Waals surface area contributed by atoms with E-state index in [-0.39, 0.29) is 12.6 Å². The van der Waals surface area contributed by atoms with Crippen LogP contribution in [0.5, 0.6) is 5.75 Å². The van der Waals surface area contributed by atoms with Crippen LogP contribution in [0.15, 0.2) is 24.3 Å². The summed E-state index contributed by atoms with van der Waals surface area (Å²) in [7, 11) is 1.58. The van der Waals surface area contributed by atoms with E-state index in [0.29, 0.717) is 6.54 Å². The number of hydrogen-bond acceptors (Lipinski definition) is 3. The van der Waals surface area contributed by atoms with Gasteiger partial charge in [-0.1, -0.05) is 18.2 Å². The second kappa shape index (κ2) is 7.35. The molecule has 1 N–H and O–H groups in total. The lowest BCUT2D eigenvalue weighted by atomic mass is 10.1. The van der Waals surface area contributed by atoms with Gasteiger partial charge >= 0.3 is 6.18 Å². The lowest BCUT2D eigenvalue weighted by molar-refractivity contribution is -0.173. The second-order valence-corrected chi connectivity index (χ2v) is 4.09. The van der Waals surface area contributed by atoms with Gasteiger partial charge in [-0.05, 0) is 13.0 Å². The monoisotopic (exact) mass is 277 g/mol. The van der Waals surface area contributed by atoms with Crippen molar-refractivity contribution in [1.29, 1.82) is 0 Å². The molecule has 108 valence electrons. The Bertz CT molecular complexity index is 382. The SMILES string of the molecule is COc1ccccc1C(C)NCCOCC(F)(F)F. The van der Waals surface area contributed by atoms with E-state index in [1.165, 1.54) is 0 Å². The Labute approximate surface area is 110 Å². The van der Waals surface area contributed by atoms with E-state index < -0.39 is 12.8 Å². The van der Waals surface area contributed by atoms with E-state index in [1.54, 1.807) is 7.11 Å². The smallest absolute Gasteiger partial charge is 0.411 e. The average molecular weight is 277 g/mol. The highest BCUT2D eigenvalue weighted by molar-refractivity contribution is 5.35. The summed E-state index contributed by atoms with van der Waals surface area (Å²) in [5, 5.41) is 3.09. The summed E-state index contributed by atoms with van der Waals surface area (Å²) in [6.07, 6.45) is -4.27. The van der Waals surface area contributed by atoms with Gasteiger partial charge in [0, 0.05) is 18.2 Å². The van der Waals surface area contributed by atoms with Crippen LogP contribution in [0.1, 0.15) is 18.5 Å². The number of ether oxygens (including phenoxy) is 2. The maximum Gasteiger partial charge on any atom is 0.411 e. The molecule has 0 saturated carbocycles. The first-order chi connectivity index (χ1) is 8.94. The number of hydrogen-bond donors (Lipinski definition) is 1. The van der Waals surface area contributed by atoms with E-state index in [0.717, 1.165) is 11.3 Å². The third-order valence-electron chi connectivity index (χ3n) is 2.57. The van der Waals surface area contributed by atoms with E-state index >= 15 is 0 Å². The number of benzene rings is 1. The van der Waals surface area contributed by atoms with Crippen LogP contribution >= 0.6 is 0 Å². The molecule has 0 aliphatic carbocycles. The van der Waals surface area contributed by atoms with Crippen LogP contribution in [0.2, 0.25) is 0 Å². The van der Waals surface area contributed by atoms with Gasteiger partial charge in [-0.15, -0.1) is 0 Å². The zero-order chi connectivity index (χ0) is 14.3. The number of halogens is 3. The highest BCUT2D eigenvalue weighted by atomic mass is 19.4. The van der Waals surface area contributed by atoms with Crippen molar-refractivity contribution in [3.63, 3.8) is 0 Å². The maximum atomic E-state index is 11.8. The maximum absolute atomic E-state index is 11.8. The Kier molecular flexibility index (Phi) is 6.11. The normalized spacial score (nSPS) is 13.3. The van der Waals surface area contributed by atoms with Crippen molar-refractivity contribution in [1.82, 2.24) is 5.32 Å². The number of nitrogens with one attached hydrogen (secondary N) is 1. The summed E-state index contributed by atoms with van der Waals surface area (Å²) >= 11 is 0. The summed E-state index contributed by atoms with van der Waals surface area (Å²) in [4.78, 5) is 0. The Hall–Kier alpha value is -1.27. The van der Waals surface area contributed by atoms with Crippen molar-refractivity contribution in [3.8, 4) is 5.75 Å². The van der Waals surface area contributed by atoms with Crippen LogP contribution in [-0.4, -0.2) is 33.0 Å². The van der Waals surface area contributed by atoms with Gasteiger partial charge < -0.3 is 14.8 Å². The zero-order valence-corrected chi connectivity index (χ0v) is 11.0. The predicted octanol–water partition coefficient (Wildman–Crippen LogP) is 2.92. The van der Waals surface area contributed by atoms with E-state index in [2.05, 4.69) is 10.1 Å². The van der Waals surface area contributed by atoms with Crippen LogP contribution in [0.4, 0.5) is 13.2 Å². The Morgan fingerprint density at radius 2 is 1.95 bits per heavy atom. The Morgan fingerprint density at radius 1 is 1.26 bits per heavy atom. The van der Waals surface area contributed by atoms with Crippen molar-refractivity contribution in [2.75, 3.05) is 26.9 Å². The van der Waals surface area contributed by atoms with Crippen molar-refractivity contribution in [3.05, 3.63) is 29.8 Å². The second-order valence-electron chi connectivity index (χ2n) is 4.09. The highest BCUT2D eigenvalue weighted by Crippen LogP contribution is 2.24. The van der Waals surface area contributed by atoms with E-state index in [1.807, 2.05) is 31.2 Å². The molecule has 0 aromatic heterocycles. The molecule has 0 aliphatic rings. The highest BCUT2D eigenvalue weighted by Gasteiger charge is 2.27. The van der Waals surface area contributed by atoms with E-state index in [4.69, 9.17) is 4.74 Å². The van der Waals surface area contributed by atoms with Gasteiger partial charge in [0.25, 0.3) is 0 Å². The van der Waals surface area contributed by atoms with Gasteiger partial charge in [0.1, 0.15) is 12.4 Å². The fourth-order valence-corrected chi connectivity index (χ4v) is 1.67. The molecular weight excluding hydrogens is 259 g/mol. The van der Waals surface area contributed by atoms with Crippen molar-refractivity contribution >= 4 is 0 Å². The molecule has 0 radical (unpaired) electrons. The molecule has 1 aromatic carbocycles. The molecule has 3 nitrogen and oxygen atoms in total. The van der Waals surface area contributed by atoms with Crippen molar-refractivity contribution in [2.24, 2.45) is 0 Å². The summed E-state index contributed by atoms with van der Waals surface area (Å²) < 4.78 is 45.3. The molecule has 0 spiro atoms. The molecule has 0 fully saturated rings. The average Bonchev–Trinajstić information content (AvgIpc) is 2.36. The van der Waals surface area contributed by atoms with Crippen LogP contribution in [-0.2, 0) is 4.74 Å². The minimum atomic E-state index is -4.27. The third kappa shape index (κ3) is 5.94. The number of methoxy groups -OCH3 is 1. The first-order valence-corrected chi connectivity index (χ1v) is 5.95. The lowest BCUT2D eigenvalue weighted by Crippen LogP contribution is -2.26. The minimum absolute atomic E-state index is 0.0129. The van der Waals surface area contributed by atoms with Gasteiger partial charge in [-0.3, -0.25) is 0 Å². The molecule has 0 bridgehead atoms. The molecule has 0 heterocycles. The number of para-hydroxylation sites is 1. The Balaban J connectivity index is 2.33. The zero-order valence-electron chi connectivity index (χ0n) is 11.0. The molecule has 0 amide bonds. The van der Waals surface area contributed by atoms with Crippen LogP contribution in [0.25, 0.3) is 0 Å². The Morgan fingerprint density at radius 3 is 2.58 bits per heavy atom. The van der Waals surface area contributed by atoms with Gasteiger partial charge in [0.05, 0.1) is 13.7 Å². The molecular formula is C13H18F3NO2. The number of rotatable bonds is 7. The first-order valence-electron chi connectivity index (χ1n) is 5.95. The van der Waals surface area contributed by atoms with Gasteiger partial charge in [0.2, 0.25) is 0 Å².